The van der Waals surface area contributed by atoms with Crippen LogP contribution in [0, 0.1) is 0 Å². The molecule has 5 heteroatoms. The minimum atomic E-state index is 0.553. The molecule has 0 amide bonds. The second-order valence-corrected chi connectivity index (χ2v) is 5.30. The molecule has 0 aliphatic rings. The smallest absolute Gasteiger partial charge is 0.137 e. The van der Waals surface area contributed by atoms with Gasteiger partial charge in [-0.2, -0.15) is 5.10 Å². The normalized spacial score (nSPS) is 13.1. The first-order valence-electron chi connectivity index (χ1n) is 5.80. The van der Waals surface area contributed by atoms with Crippen LogP contribution in [0.15, 0.2) is 30.2 Å². The zero-order valence-electron chi connectivity index (χ0n) is 10.3. The first kappa shape index (κ1) is 12.3. The van der Waals surface area contributed by atoms with Crippen molar-refractivity contribution in [2.24, 2.45) is 0 Å². The van der Waals surface area contributed by atoms with Gasteiger partial charge in [-0.3, -0.25) is 4.68 Å². The van der Waals surface area contributed by atoms with Crippen LogP contribution in [0.5, 0.6) is 0 Å². The Kier molecular flexibility index (Phi) is 4.28. The fourth-order valence-corrected chi connectivity index (χ4v) is 2.53. The molecule has 0 aliphatic heterocycles. The summed E-state index contributed by atoms with van der Waals surface area (Å²) < 4.78 is 1.87. The Bertz CT molecular complexity index is 410. The third kappa shape index (κ3) is 3.64. The van der Waals surface area contributed by atoms with Gasteiger partial charge in [-0.25, -0.2) is 4.98 Å². The summed E-state index contributed by atoms with van der Waals surface area (Å²) in [6.07, 6.45) is 4.46. The summed E-state index contributed by atoms with van der Waals surface area (Å²) in [6.45, 7) is 4.16. The molecule has 2 aromatic rings. The van der Waals surface area contributed by atoms with E-state index in [4.69, 9.17) is 0 Å². The number of nitrogens with zero attached hydrogens (tertiary/aromatic N) is 4. The molecule has 0 fully saturated rings. The van der Waals surface area contributed by atoms with Crippen LogP contribution in [0.25, 0.3) is 0 Å². The highest BCUT2D eigenvalue weighted by Crippen LogP contribution is 2.13. The topological polar surface area (TPSA) is 34.0 Å². The Hall–Kier alpha value is -1.20. The molecule has 2 rings (SSSR count). The predicted molar refractivity (Wildman–Crippen MR) is 70.1 cm³/mol. The van der Waals surface area contributed by atoms with E-state index in [-0.39, 0.29) is 0 Å². The standard InChI is InChI=1S/C12H18N4S/c1-11(8-12-4-3-7-17-12)15(2)5-6-16-10-13-9-14-16/h3-4,7,9-11H,5-6,8H2,1-2H3. The Morgan fingerprint density at radius 3 is 3.06 bits per heavy atom. The van der Waals surface area contributed by atoms with Gasteiger partial charge in [0.2, 0.25) is 0 Å². The van der Waals surface area contributed by atoms with E-state index in [1.54, 1.807) is 12.7 Å². The molecule has 0 bridgehead atoms. The molecule has 0 aliphatic carbocycles. The number of rotatable bonds is 6. The maximum absolute atomic E-state index is 4.10. The average molecular weight is 250 g/mol. The van der Waals surface area contributed by atoms with E-state index < -0.39 is 0 Å². The third-order valence-electron chi connectivity index (χ3n) is 2.98. The molecule has 0 spiro atoms. The summed E-state index contributed by atoms with van der Waals surface area (Å²) in [6, 6.07) is 4.87. The van der Waals surface area contributed by atoms with Gasteiger partial charge in [0.05, 0.1) is 6.54 Å². The molecular weight excluding hydrogens is 232 g/mol. The highest BCUT2D eigenvalue weighted by atomic mass is 32.1. The minimum Gasteiger partial charge on any atom is -0.301 e. The molecule has 0 radical (unpaired) electrons. The van der Waals surface area contributed by atoms with Crippen LogP contribution in [0.3, 0.4) is 0 Å². The molecule has 2 heterocycles. The molecule has 17 heavy (non-hydrogen) atoms. The zero-order valence-corrected chi connectivity index (χ0v) is 11.1. The van der Waals surface area contributed by atoms with Gasteiger partial charge >= 0.3 is 0 Å². The fraction of sp³-hybridized carbons (Fsp3) is 0.500. The summed E-state index contributed by atoms with van der Waals surface area (Å²) >= 11 is 1.83. The van der Waals surface area contributed by atoms with Gasteiger partial charge in [-0.15, -0.1) is 11.3 Å². The van der Waals surface area contributed by atoms with E-state index in [0.29, 0.717) is 6.04 Å². The third-order valence-corrected chi connectivity index (χ3v) is 3.88. The molecule has 0 saturated carbocycles. The van der Waals surface area contributed by atoms with Crippen LogP contribution in [-0.2, 0) is 13.0 Å². The first-order chi connectivity index (χ1) is 8.25. The Morgan fingerprint density at radius 2 is 2.41 bits per heavy atom. The van der Waals surface area contributed by atoms with Crippen molar-refractivity contribution in [3.63, 3.8) is 0 Å². The molecule has 0 N–H and O–H groups in total. The van der Waals surface area contributed by atoms with Crippen LogP contribution in [0.4, 0.5) is 0 Å². The second kappa shape index (κ2) is 5.93. The lowest BCUT2D eigenvalue weighted by Gasteiger charge is -2.24. The molecule has 4 nitrogen and oxygen atoms in total. The van der Waals surface area contributed by atoms with Gasteiger partial charge in [0.25, 0.3) is 0 Å². The number of thiophene rings is 1. The molecule has 92 valence electrons. The van der Waals surface area contributed by atoms with Gasteiger partial charge in [-0.1, -0.05) is 6.07 Å². The lowest BCUT2D eigenvalue weighted by molar-refractivity contribution is 0.243. The van der Waals surface area contributed by atoms with Gasteiger partial charge < -0.3 is 4.90 Å². The summed E-state index contributed by atoms with van der Waals surface area (Å²) in [7, 11) is 2.16. The fourth-order valence-electron chi connectivity index (χ4n) is 1.70. The monoisotopic (exact) mass is 250 g/mol. The van der Waals surface area contributed by atoms with E-state index in [1.807, 2.05) is 16.0 Å². The van der Waals surface area contributed by atoms with Crippen molar-refractivity contribution in [3.05, 3.63) is 35.0 Å². The lowest BCUT2D eigenvalue weighted by Crippen LogP contribution is -2.33. The van der Waals surface area contributed by atoms with E-state index in [0.717, 1.165) is 19.5 Å². The van der Waals surface area contributed by atoms with Crippen molar-refractivity contribution in [3.8, 4) is 0 Å². The van der Waals surface area contributed by atoms with Gasteiger partial charge in [0, 0.05) is 17.5 Å². The summed E-state index contributed by atoms with van der Waals surface area (Å²) in [5.41, 5.74) is 0. The molecule has 0 aromatic carbocycles. The molecule has 2 aromatic heterocycles. The molecular formula is C12H18N4S. The Morgan fingerprint density at radius 1 is 1.53 bits per heavy atom. The van der Waals surface area contributed by atoms with E-state index >= 15 is 0 Å². The highest BCUT2D eigenvalue weighted by Gasteiger charge is 2.10. The maximum Gasteiger partial charge on any atom is 0.137 e. The number of hydrogen-bond acceptors (Lipinski definition) is 4. The largest absolute Gasteiger partial charge is 0.301 e. The molecule has 1 unspecified atom stereocenters. The minimum absolute atomic E-state index is 0.553. The van der Waals surface area contributed by atoms with Crippen LogP contribution < -0.4 is 0 Å². The van der Waals surface area contributed by atoms with Crippen molar-refractivity contribution in [2.45, 2.75) is 25.9 Å². The van der Waals surface area contributed by atoms with E-state index in [2.05, 4.69) is 46.5 Å². The lowest BCUT2D eigenvalue weighted by atomic mass is 10.2. The summed E-state index contributed by atoms with van der Waals surface area (Å²) in [4.78, 5) is 7.75. The van der Waals surface area contributed by atoms with Crippen molar-refractivity contribution >= 4 is 11.3 Å². The SMILES string of the molecule is CC(Cc1cccs1)N(C)CCn1cncn1. The number of hydrogen-bond donors (Lipinski definition) is 0. The predicted octanol–water partition coefficient (Wildman–Crippen LogP) is 1.90. The first-order valence-corrected chi connectivity index (χ1v) is 6.68. The average Bonchev–Trinajstić information content (AvgIpc) is 2.98. The van der Waals surface area contributed by atoms with E-state index in [1.165, 1.54) is 4.88 Å². The summed E-state index contributed by atoms with van der Waals surface area (Å²) in [5, 5.41) is 6.24. The quantitative estimate of drug-likeness (QED) is 0.785. The Balaban J connectivity index is 1.77. The molecule has 0 saturated heterocycles. The number of aromatic nitrogens is 3. The van der Waals surface area contributed by atoms with E-state index in [9.17, 15) is 0 Å². The highest BCUT2D eigenvalue weighted by molar-refractivity contribution is 7.09. The second-order valence-electron chi connectivity index (χ2n) is 4.27. The van der Waals surface area contributed by atoms with Gasteiger partial charge in [0.1, 0.15) is 12.7 Å². The maximum atomic E-state index is 4.10. The molecule has 1 atom stereocenters. The van der Waals surface area contributed by atoms with Crippen LogP contribution >= 0.6 is 11.3 Å². The zero-order chi connectivity index (χ0) is 12.1. The Labute approximate surface area is 106 Å². The van der Waals surface area contributed by atoms with Gasteiger partial charge in [0.15, 0.2) is 0 Å². The van der Waals surface area contributed by atoms with Crippen molar-refractivity contribution in [1.29, 1.82) is 0 Å². The van der Waals surface area contributed by atoms with Crippen molar-refractivity contribution in [2.75, 3.05) is 13.6 Å². The number of likely N-dealkylation sites (N-methyl/N-ethyl adjacent to an activating group) is 1. The van der Waals surface area contributed by atoms with Crippen LogP contribution in [-0.4, -0.2) is 39.3 Å². The van der Waals surface area contributed by atoms with Gasteiger partial charge in [-0.05, 0) is 31.8 Å². The van der Waals surface area contributed by atoms with Crippen molar-refractivity contribution < 1.29 is 0 Å². The van der Waals surface area contributed by atoms with Crippen molar-refractivity contribution in [1.82, 2.24) is 19.7 Å². The summed E-state index contributed by atoms with van der Waals surface area (Å²) in [5.74, 6) is 0. The van der Waals surface area contributed by atoms with Crippen LogP contribution in [0.1, 0.15) is 11.8 Å². The van der Waals surface area contributed by atoms with Crippen LogP contribution in [0.2, 0.25) is 0 Å².